The number of ketones is 1. The number of rotatable bonds is 8. The summed E-state index contributed by atoms with van der Waals surface area (Å²) in [6.07, 6.45) is 0.229. The van der Waals surface area contributed by atoms with Crippen molar-refractivity contribution in [3.8, 4) is 0 Å². The van der Waals surface area contributed by atoms with Gasteiger partial charge in [-0.2, -0.15) is 0 Å². The summed E-state index contributed by atoms with van der Waals surface area (Å²) in [5.74, 6) is -1.14. The molecule has 0 radical (unpaired) electrons. The lowest BCUT2D eigenvalue weighted by Gasteiger charge is -2.26. The van der Waals surface area contributed by atoms with E-state index in [1.165, 1.54) is 0 Å². The van der Waals surface area contributed by atoms with Gasteiger partial charge in [-0.1, -0.05) is 91.0 Å². The van der Waals surface area contributed by atoms with Gasteiger partial charge < -0.3 is 4.74 Å². The Morgan fingerprint density at radius 3 is 1.79 bits per heavy atom. The van der Waals surface area contributed by atoms with Crippen LogP contribution in [0.2, 0.25) is 0 Å². The molecule has 3 heteroatoms. The van der Waals surface area contributed by atoms with E-state index in [9.17, 15) is 9.59 Å². The fraction of sp³-hybridized carbons (Fsp3) is 0.200. The zero-order chi connectivity index (χ0) is 19.8. The Labute approximate surface area is 166 Å². The first kappa shape index (κ1) is 19.6. The second-order valence-corrected chi connectivity index (χ2v) is 6.65. The van der Waals surface area contributed by atoms with Gasteiger partial charge in [-0.25, -0.2) is 0 Å². The SMILES string of the molecule is CCOC(=O)C(c1ccccc1)C(CC(=O)c1ccccc1)c1ccccc1. The minimum absolute atomic E-state index is 0.0136. The maximum absolute atomic E-state index is 13.0. The van der Waals surface area contributed by atoms with Gasteiger partial charge in [0.1, 0.15) is 0 Å². The molecule has 142 valence electrons. The van der Waals surface area contributed by atoms with Crippen LogP contribution in [0.1, 0.15) is 46.7 Å². The van der Waals surface area contributed by atoms with Crippen molar-refractivity contribution in [1.29, 1.82) is 0 Å². The fourth-order valence-corrected chi connectivity index (χ4v) is 3.50. The van der Waals surface area contributed by atoms with Crippen LogP contribution in [0.4, 0.5) is 0 Å². The van der Waals surface area contributed by atoms with E-state index in [4.69, 9.17) is 4.74 Å². The highest BCUT2D eigenvalue weighted by atomic mass is 16.5. The van der Waals surface area contributed by atoms with Gasteiger partial charge >= 0.3 is 5.97 Å². The van der Waals surface area contributed by atoms with Gasteiger partial charge in [0, 0.05) is 17.9 Å². The van der Waals surface area contributed by atoms with Crippen molar-refractivity contribution in [2.24, 2.45) is 0 Å². The summed E-state index contributed by atoms with van der Waals surface area (Å²) < 4.78 is 5.40. The quantitative estimate of drug-likeness (QED) is 0.393. The molecule has 0 saturated heterocycles. The first-order valence-corrected chi connectivity index (χ1v) is 9.55. The van der Waals surface area contributed by atoms with Gasteiger partial charge in [0.05, 0.1) is 12.5 Å². The summed E-state index contributed by atoms with van der Waals surface area (Å²) in [5, 5.41) is 0. The van der Waals surface area contributed by atoms with E-state index in [0.717, 1.165) is 11.1 Å². The zero-order valence-electron chi connectivity index (χ0n) is 16.0. The topological polar surface area (TPSA) is 43.4 Å². The summed E-state index contributed by atoms with van der Waals surface area (Å²) in [7, 11) is 0. The maximum atomic E-state index is 13.0. The molecule has 2 atom stereocenters. The van der Waals surface area contributed by atoms with E-state index < -0.39 is 5.92 Å². The highest BCUT2D eigenvalue weighted by Gasteiger charge is 2.34. The van der Waals surface area contributed by atoms with E-state index >= 15 is 0 Å². The standard InChI is InChI=1S/C25H24O3/c1-2-28-25(27)24(21-16-10-5-11-17-21)22(19-12-6-3-7-13-19)18-23(26)20-14-8-4-9-15-20/h3-17,22,24H,2,18H2,1H3. The Morgan fingerprint density at radius 1 is 0.750 bits per heavy atom. The van der Waals surface area contributed by atoms with Crippen molar-refractivity contribution in [2.75, 3.05) is 6.61 Å². The van der Waals surface area contributed by atoms with Crippen LogP contribution in [0.15, 0.2) is 91.0 Å². The van der Waals surface area contributed by atoms with Crippen molar-refractivity contribution in [3.05, 3.63) is 108 Å². The number of hydrogen-bond acceptors (Lipinski definition) is 3. The summed E-state index contributed by atoms with van der Waals surface area (Å²) >= 11 is 0. The highest BCUT2D eigenvalue weighted by molar-refractivity contribution is 5.97. The molecule has 0 saturated carbocycles. The molecule has 3 nitrogen and oxygen atoms in total. The molecule has 3 aromatic carbocycles. The Bertz CT molecular complexity index is 889. The minimum atomic E-state index is -0.545. The molecule has 0 aliphatic heterocycles. The Balaban J connectivity index is 2.02. The minimum Gasteiger partial charge on any atom is -0.466 e. The molecule has 0 aliphatic carbocycles. The highest BCUT2D eigenvalue weighted by Crippen LogP contribution is 2.37. The molecule has 0 bridgehead atoms. The van der Waals surface area contributed by atoms with Gasteiger partial charge in [0.2, 0.25) is 0 Å². The van der Waals surface area contributed by atoms with Crippen LogP contribution in [-0.2, 0) is 9.53 Å². The predicted octanol–water partition coefficient (Wildman–Crippen LogP) is 5.39. The zero-order valence-corrected chi connectivity index (χ0v) is 16.0. The van der Waals surface area contributed by atoms with Crippen molar-refractivity contribution >= 4 is 11.8 Å². The molecule has 0 amide bonds. The number of hydrogen-bond donors (Lipinski definition) is 0. The normalized spacial score (nSPS) is 12.8. The molecule has 0 heterocycles. The summed E-state index contributed by atoms with van der Waals surface area (Å²) in [5.41, 5.74) is 2.46. The van der Waals surface area contributed by atoms with E-state index in [2.05, 4.69) is 0 Å². The van der Waals surface area contributed by atoms with E-state index in [1.54, 1.807) is 6.92 Å². The lowest BCUT2D eigenvalue weighted by atomic mass is 9.78. The number of esters is 1. The number of ether oxygens (including phenoxy) is 1. The molecule has 0 spiro atoms. The molecule has 0 aromatic heterocycles. The number of Topliss-reactive ketones (excluding diaryl/α,β-unsaturated/α-hetero) is 1. The lowest BCUT2D eigenvalue weighted by molar-refractivity contribution is -0.145. The maximum Gasteiger partial charge on any atom is 0.314 e. The second kappa shape index (κ2) is 9.65. The monoisotopic (exact) mass is 372 g/mol. The molecular weight excluding hydrogens is 348 g/mol. The smallest absolute Gasteiger partial charge is 0.314 e. The molecule has 0 aliphatic rings. The van der Waals surface area contributed by atoms with Crippen molar-refractivity contribution in [2.45, 2.75) is 25.2 Å². The largest absolute Gasteiger partial charge is 0.466 e. The van der Waals surface area contributed by atoms with E-state index in [0.29, 0.717) is 12.2 Å². The van der Waals surface area contributed by atoms with Gasteiger partial charge in [0.15, 0.2) is 5.78 Å². The fourth-order valence-electron chi connectivity index (χ4n) is 3.50. The predicted molar refractivity (Wildman–Crippen MR) is 110 cm³/mol. The van der Waals surface area contributed by atoms with Crippen molar-refractivity contribution in [1.82, 2.24) is 0 Å². The van der Waals surface area contributed by atoms with Crippen LogP contribution in [0.3, 0.4) is 0 Å². The average Bonchev–Trinajstić information content (AvgIpc) is 2.75. The first-order valence-electron chi connectivity index (χ1n) is 9.55. The summed E-state index contributed by atoms with van der Waals surface area (Å²) in [6, 6.07) is 28.5. The lowest BCUT2D eigenvalue weighted by Crippen LogP contribution is -2.25. The summed E-state index contributed by atoms with van der Waals surface area (Å²) in [4.78, 5) is 25.9. The average molecular weight is 372 g/mol. The molecule has 2 unspecified atom stereocenters. The number of carbonyl (C=O) groups excluding carboxylic acids is 2. The number of carbonyl (C=O) groups is 2. The third kappa shape index (κ3) is 4.74. The van der Waals surface area contributed by atoms with Gasteiger partial charge in [-0.15, -0.1) is 0 Å². The molecule has 0 fully saturated rings. The van der Waals surface area contributed by atoms with Crippen LogP contribution in [0.5, 0.6) is 0 Å². The van der Waals surface area contributed by atoms with Crippen molar-refractivity contribution < 1.29 is 14.3 Å². The summed E-state index contributed by atoms with van der Waals surface area (Å²) in [6.45, 7) is 2.10. The number of benzene rings is 3. The van der Waals surface area contributed by atoms with E-state index in [-0.39, 0.29) is 24.1 Å². The molecule has 0 N–H and O–H groups in total. The molecule has 3 aromatic rings. The van der Waals surface area contributed by atoms with E-state index in [1.807, 2.05) is 91.0 Å². The van der Waals surface area contributed by atoms with Gasteiger partial charge in [-0.05, 0) is 18.1 Å². The molecule has 3 rings (SSSR count). The second-order valence-electron chi connectivity index (χ2n) is 6.65. The first-order chi connectivity index (χ1) is 13.7. The van der Waals surface area contributed by atoms with Gasteiger partial charge in [0.25, 0.3) is 0 Å². The Hall–Kier alpha value is -3.20. The van der Waals surface area contributed by atoms with Crippen LogP contribution in [-0.4, -0.2) is 18.4 Å². The Kier molecular flexibility index (Phi) is 6.74. The Morgan fingerprint density at radius 2 is 1.25 bits per heavy atom. The van der Waals surface area contributed by atoms with Crippen LogP contribution in [0, 0.1) is 0 Å². The van der Waals surface area contributed by atoms with Crippen LogP contribution in [0.25, 0.3) is 0 Å². The van der Waals surface area contributed by atoms with Crippen LogP contribution >= 0.6 is 0 Å². The van der Waals surface area contributed by atoms with Gasteiger partial charge in [-0.3, -0.25) is 9.59 Å². The van der Waals surface area contributed by atoms with Crippen molar-refractivity contribution in [3.63, 3.8) is 0 Å². The third-order valence-corrected chi connectivity index (χ3v) is 4.83. The molecular formula is C25H24O3. The third-order valence-electron chi connectivity index (χ3n) is 4.83. The molecule has 28 heavy (non-hydrogen) atoms. The van der Waals surface area contributed by atoms with Crippen LogP contribution < -0.4 is 0 Å².